The number of anilines is 1. The molecule has 0 spiro atoms. The Balaban J connectivity index is 1.63. The molecule has 25 heavy (non-hydrogen) atoms. The number of morpholine rings is 1. The summed E-state index contributed by atoms with van der Waals surface area (Å²) in [6.45, 7) is 8.09. The van der Waals surface area contributed by atoms with E-state index >= 15 is 0 Å². The molecule has 0 aliphatic carbocycles. The Bertz CT molecular complexity index is 531. The molecule has 2 fully saturated rings. The maximum atomic E-state index is 9.68. The van der Waals surface area contributed by atoms with Crippen molar-refractivity contribution >= 4 is 5.69 Å². The molecule has 1 aromatic carbocycles. The van der Waals surface area contributed by atoms with Gasteiger partial charge >= 0.3 is 0 Å². The monoisotopic (exact) mass is 347 g/mol. The van der Waals surface area contributed by atoms with Gasteiger partial charge in [-0.3, -0.25) is 4.90 Å². The van der Waals surface area contributed by atoms with Crippen LogP contribution in [0.1, 0.15) is 12.0 Å². The van der Waals surface area contributed by atoms with Crippen molar-refractivity contribution in [2.45, 2.75) is 13.0 Å². The minimum Gasteiger partial charge on any atom is -0.396 e. The molecule has 5 heteroatoms. The second-order valence-electron chi connectivity index (χ2n) is 7.88. The van der Waals surface area contributed by atoms with Gasteiger partial charge in [0.05, 0.1) is 13.2 Å². The second kappa shape index (κ2) is 8.99. The van der Waals surface area contributed by atoms with E-state index in [2.05, 4.69) is 53.1 Å². The molecule has 1 aromatic rings. The highest BCUT2D eigenvalue weighted by atomic mass is 16.5. The van der Waals surface area contributed by atoms with Gasteiger partial charge in [0.15, 0.2) is 0 Å². The topological polar surface area (TPSA) is 39.2 Å². The first kappa shape index (κ1) is 18.6. The third kappa shape index (κ3) is 5.42. The molecule has 3 rings (SSSR count). The Kier molecular flexibility index (Phi) is 6.70. The smallest absolute Gasteiger partial charge is 0.0642 e. The van der Waals surface area contributed by atoms with Gasteiger partial charge in [-0.05, 0) is 50.0 Å². The van der Waals surface area contributed by atoms with Gasteiger partial charge in [0.2, 0.25) is 0 Å². The van der Waals surface area contributed by atoms with Crippen molar-refractivity contribution in [1.29, 1.82) is 0 Å². The summed E-state index contributed by atoms with van der Waals surface area (Å²) in [5, 5.41) is 9.68. The minimum absolute atomic E-state index is 0.300. The number of hydrogen-bond acceptors (Lipinski definition) is 5. The van der Waals surface area contributed by atoms with Crippen LogP contribution >= 0.6 is 0 Å². The number of nitrogens with zero attached hydrogens (tertiary/aromatic N) is 3. The van der Waals surface area contributed by atoms with E-state index < -0.39 is 0 Å². The largest absolute Gasteiger partial charge is 0.396 e. The quantitative estimate of drug-likeness (QED) is 0.845. The number of aliphatic hydroxyl groups excluding tert-OH is 1. The summed E-state index contributed by atoms with van der Waals surface area (Å²) in [7, 11) is 4.28. The first-order valence-electron chi connectivity index (χ1n) is 9.53. The summed E-state index contributed by atoms with van der Waals surface area (Å²) in [6, 6.07) is 8.93. The average Bonchev–Trinajstić information content (AvgIpc) is 2.62. The zero-order valence-corrected chi connectivity index (χ0v) is 15.7. The fourth-order valence-electron chi connectivity index (χ4n) is 4.27. The van der Waals surface area contributed by atoms with Crippen LogP contribution in [-0.4, -0.2) is 81.5 Å². The van der Waals surface area contributed by atoms with E-state index in [1.807, 2.05) is 0 Å². The number of benzene rings is 1. The number of ether oxygens (including phenoxy) is 1. The summed E-state index contributed by atoms with van der Waals surface area (Å²) in [5.74, 6) is 1.05. The summed E-state index contributed by atoms with van der Waals surface area (Å²) >= 11 is 0. The average molecular weight is 348 g/mol. The highest BCUT2D eigenvalue weighted by Gasteiger charge is 2.27. The summed E-state index contributed by atoms with van der Waals surface area (Å²) < 4.78 is 5.46. The third-order valence-electron chi connectivity index (χ3n) is 5.27. The lowest BCUT2D eigenvalue weighted by atomic mass is 9.89. The maximum absolute atomic E-state index is 9.68. The fraction of sp³-hybridized carbons (Fsp3) is 0.700. The lowest BCUT2D eigenvalue weighted by Crippen LogP contribution is -2.44. The zero-order valence-electron chi connectivity index (χ0n) is 15.7. The van der Waals surface area contributed by atoms with Crippen molar-refractivity contribution in [3.8, 4) is 0 Å². The van der Waals surface area contributed by atoms with Crippen molar-refractivity contribution < 1.29 is 9.84 Å². The van der Waals surface area contributed by atoms with E-state index in [-0.39, 0.29) is 0 Å². The highest BCUT2D eigenvalue weighted by molar-refractivity contribution is 5.48. The predicted molar refractivity (Wildman–Crippen MR) is 102 cm³/mol. The third-order valence-corrected chi connectivity index (χ3v) is 5.27. The molecule has 0 radical (unpaired) electrons. The molecule has 0 bridgehead atoms. The molecular weight excluding hydrogens is 314 g/mol. The molecule has 2 saturated heterocycles. The molecule has 2 atom stereocenters. The van der Waals surface area contributed by atoms with Gasteiger partial charge in [-0.2, -0.15) is 0 Å². The molecule has 1 N–H and O–H groups in total. The Morgan fingerprint density at radius 2 is 1.92 bits per heavy atom. The van der Waals surface area contributed by atoms with Crippen LogP contribution in [0, 0.1) is 11.8 Å². The second-order valence-corrected chi connectivity index (χ2v) is 7.88. The van der Waals surface area contributed by atoms with E-state index in [4.69, 9.17) is 4.74 Å². The SMILES string of the molecule is CN(C)C[C@H]1C[C@H](CO)CN(Cc2cccc(N3CCOCC3)c2)C1. The lowest BCUT2D eigenvalue weighted by molar-refractivity contribution is 0.0692. The van der Waals surface area contributed by atoms with Crippen LogP contribution in [0.2, 0.25) is 0 Å². The Morgan fingerprint density at radius 1 is 1.16 bits per heavy atom. The van der Waals surface area contributed by atoms with Crippen molar-refractivity contribution in [2.75, 3.05) is 71.5 Å². The van der Waals surface area contributed by atoms with Gasteiger partial charge in [0.25, 0.3) is 0 Å². The van der Waals surface area contributed by atoms with Gasteiger partial charge in [-0.1, -0.05) is 12.1 Å². The van der Waals surface area contributed by atoms with Crippen LogP contribution in [0.3, 0.4) is 0 Å². The van der Waals surface area contributed by atoms with E-state index in [1.54, 1.807) is 0 Å². The van der Waals surface area contributed by atoms with Crippen molar-refractivity contribution in [3.05, 3.63) is 29.8 Å². The Hall–Kier alpha value is -1.14. The first-order chi connectivity index (χ1) is 12.1. The van der Waals surface area contributed by atoms with E-state index in [0.717, 1.165) is 58.9 Å². The molecule has 2 heterocycles. The van der Waals surface area contributed by atoms with Gasteiger partial charge < -0.3 is 19.6 Å². The highest BCUT2D eigenvalue weighted by Crippen LogP contribution is 2.25. The van der Waals surface area contributed by atoms with Crippen molar-refractivity contribution in [2.24, 2.45) is 11.8 Å². The summed E-state index contributed by atoms with van der Waals surface area (Å²) in [6.07, 6.45) is 1.14. The van der Waals surface area contributed by atoms with Crippen LogP contribution in [0.15, 0.2) is 24.3 Å². The van der Waals surface area contributed by atoms with Gasteiger partial charge in [0, 0.05) is 51.6 Å². The van der Waals surface area contributed by atoms with Crippen LogP contribution in [-0.2, 0) is 11.3 Å². The van der Waals surface area contributed by atoms with Crippen LogP contribution in [0.25, 0.3) is 0 Å². The number of likely N-dealkylation sites (tertiary alicyclic amines) is 1. The molecular formula is C20H33N3O2. The molecule has 140 valence electrons. The number of aliphatic hydroxyl groups is 1. The molecule has 0 amide bonds. The van der Waals surface area contributed by atoms with Crippen molar-refractivity contribution in [3.63, 3.8) is 0 Å². The minimum atomic E-state index is 0.300. The maximum Gasteiger partial charge on any atom is 0.0642 e. The Morgan fingerprint density at radius 3 is 2.64 bits per heavy atom. The normalized spacial score (nSPS) is 25.5. The summed E-state index contributed by atoms with van der Waals surface area (Å²) in [4.78, 5) is 7.20. The molecule has 0 saturated carbocycles. The zero-order chi connectivity index (χ0) is 17.6. The molecule has 2 aliphatic rings. The van der Waals surface area contributed by atoms with Gasteiger partial charge in [-0.15, -0.1) is 0 Å². The fourth-order valence-corrected chi connectivity index (χ4v) is 4.27. The van der Waals surface area contributed by atoms with E-state index in [1.165, 1.54) is 11.3 Å². The molecule has 2 aliphatic heterocycles. The van der Waals surface area contributed by atoms with E-state index in [0.29, 0.717) is 18.4 Å². The number of piperidine rings is 1. The molecule has 0 aromatic heterocycles. The van der Waals surface area contributed by atoms with Gasteiger partial charge in [-0.25, -0.2) is 0 Å². The van der Waals surface area contributed by atoms with Crippen LogP contribution < -0.4 is 4.90 Å². The molecule has 5 nitrogen and oxygen atoms in total. The van der Waals surface area contributed by atoms with Crippen LogP contribution in [0.5, 0.6) is 0 Å². The van der Waals surface area contributed by atoms with Crippen LogP contribution in [0.4, 0.5) is 5.69 Å². The van der Waals surface area contributed by atoms with Crippen molar-refractivity contribution in [1.82, 2.24) is 9.80 Å². The number of hydrogen-bond donors (Lipinski definition) is 1. The standard InChI is InChI=1S/C20H33N3O2/c1-21(2)12-18-10-19(16-24)15-22(14-18)13-17-4-3-5-20(11-17)23-6-8-25-9-7-23/h3-5,11,18-19,24H,6-10,12-16H2,1-2H3/t18-,19+/m1/s1. The summed E-state index contributed by atoms with van der Waals surface area (Å²) in [5.41, 5.74) is 2.67. The van der Waals surface area contributed by atoms with Gasteiger partial charge in [0.1, 0.15) is 0 Å². The number of rotatable bonds is 6. The lowest BCUT2D eigenvalue weighted by Gasteiger charge is -2.38. The Labute approximate surface area is 152 Å². The first-order valence-corrected chi connectivity index (χ1v) is 9.53. The predicted octanol–water partition coefficient (Wildman–Crippen LogP) is 1.52. The molecule has 0 unspecified atom stereocenters. The van der Waals surface area contributed by atoms with E-state index in [9.17, 15) is 5.11 Å².